The lowest BCUT2D eigenvalue weighted by molar-refractivity contribution is -0.119. The average molecular weight is 277 g/mol. The Morgan fingerprint density at radius 1 is 1.05 bits per heavy atom. The van der Waals surface area contributed by atoms with Crippen molar-refractivity contribution in [2.75, 3.05) is 24.2 Å². The van der Waals surface area contributed by atoms with Gasteiger partial charge < -0.3 is 16.0 Å². The summed E-state index contributed by atoms with van der Waals surface area (Å²) in [7, 11) is 1.81. The Morgan fingerprint density at radius 3 is 2.10 bits per heavy atom. The Bertz CT molecular complexity index is 472. The third-order valence-electron chi connectivity index (χ3n) is 2.88. The second-order valence-corrected chi connectivity index (χ2v) is 5.17. The number of nitrogens with one attached hydrogen (secondary N) is 3. The summed E-state index contributed by atoms with van der Waals surface area (Å²) >= 11 is 0. The highest BCUT2D eigenvalue weighted by Crippen LogP contribution is 2.16. The highest BCUT2D eigenvalue weighted by Gasteiger charge is 2.12. The maximum absolute atomic E-state index is 11.9. The van der Waals surface area contributed by atoms with Crippen molar-refractivity contribution >= 4 is 23.2 Å². The van der Waals surface area contributed by atoms with Gasteiger partial charge in [0.1, 0.15) is 0 Å². The number of benzene rings is 1. The zero-order valence-corrected chi connectivity index (χ0v) is 12.5. The van der Waals surface area contributed by atoms with Crippen molar-refractivity contribution in [3.8, 4) is 0 Å². The van der Waals surface area contributed by atoms with Crippen LogP contribution in [0.15, 0.2) is 24.3 Å². The van der Waals surface area contributed by atoms with Crippen LogP contribution < -0.4 is 16.0 Å². The number of amides is 2. The zero-order valence-electron chi connectivity index (χ0n) is 12.5. The van der Waals surface area contributed by atoms with Crippen molar-refractivity contribution in [3.63, 3.8) is 0 Å². The number of anilines is 2. The van der Waals surface area contributed by atoms with Gasteiger partial charge in [0.15, 0.2) is 0 Å². The van der Waals surface area contributed by atoms with Crippen LogP contribution in [0.3, 0.4) is 0 Å². The van der Waals surface area contributed by atoms with Gasteiger partial charge in [-0.3, -0.25) is 9.59 Å². The molecule has 5 nitrogen and oxygen atoms in total. The van der Waals surface area contributed by atoms with Gasteiger partial charge >= 0.3 is 0 Å². The molecule has 0 fully saturated rings. The smallest absolute Gasteiger partial charge is 0.228 e. The fourth-order valence-corrected chi connectivity index (χ4v) is 1.63. The molecular formula is C15H23N3O2. The first kappa shape index (κ1) is 16.2. The highest BCUT2D eigenvalue weighted by molar-refractivity contribution is 5.95. The molecule has 1 aromatic rings. The molecule has 0 spiro atoms. The number of carbonyl (C=O) groups excluding carboxylic acids is 2. The molecule has 1 atom stereocenters. The predicted molar refractivity (Wildman–Crippen MR) is 81.6 cm³/mol. The summed E-state index contributed by atoms with van der Waals surface area (Å²) in [6.45, 7) is 6.15. The summed E-state index contributed by atoms with van der Waals surface area (Å²) in [5.74, 6) is -0.290. The molecule has 0 aromatic heterocycles. The van der Waals surface area contributed by atoms with Crippen molar-refractivity contribution in [2.45, 2.75) is 20.8 Å². The monoisotopic (exact) mass is 277 g/mol. The van der Waals surface area contributed by atoms with E-state index in [0.717, 1.165) is 0 Å². The van der Waals surface area contributed by atoms with E-state index < -0.39 is 0 Å². The van der Waals surface area contributed by atoms with Crippen LogP contribution in [-0.2, 0) is 9.59 Å². The molecule has 0 aliphatic heterocycles. The molecule has 1 rings (SSSR count). The SMILES string of the molecule is CNCC(C)C(=O)Nc1cccc(NC(=O)C(C)C)c1. The van der Waals surface area contributed by atoms with Gasteiger partial charge in [-0.05, 0) is 25.2 Å². The quantitative estimate of drug-likeness (QED) is 0.745. The molecule has 0 saturated carbocycles. The van der Waals surface area contributed by atoms with E-state index in [1.54, 1.807) is 24.3 Å². The molecule has 3 N–H and O–H groups in total. The molecule has 20 heavy (non-hydrogen) atoms. The van der Waals surface area contributed by atoms with Gasteiger partial charge in [-0.1, -0.05) is 26.8 Å². The van der Waals surface area contributed by atoms with Crippen LogP contribution in [0.2, 0.25) is 0 Å². The van der Waals surface area contributed by atoms with Crippen LogP contribution >= 0.6 is 0 Å². The van der Waals surface area contributed by atoms with E-state index in [0.29, 0.717) is 17.9 Å². The molecule has 0 radical (unpaired) electrons. The number of carbonyl (C=O) groups is 2. The minimum absolute atomic E-state index is 0.0444. The van der Waals surface area contributed by atoms with E-state index in [-0.39, 0.29) is 23.7 Å². The Morgan fingerprint density at radius 2 is 1.60 bits per heavy atom. The van der Waals surface area contributed by atoms with Gasteiger partial charge in [0, 0.05) is 29.8 Å². The normalized spacial score (nSPS) is 12.1. The van der Waals surface area contributed by atoms with E-state index in [2.05, 4.69) is 16.0 Å². The van der Waals surface area contributed by atoms with Crippen LogP contribution in [0.4, 0.5) is 11.4 Å². The molecule has 0 bridgehead atoms. The lowest BCUT2D eigenvalue weighted by Gasteiger charge is -2.13. The molecule has 0 aliphatic rings. The van der Waals surface area contributed by atoms with E-state index in [9.17, 15) is 9.59 Å². The average Bonchev–Trinajstić information content (AvgIpc) is 2.39. The third kappa shape index (κ3) is 5.01. The molecule has 2 amide bonds. The van der Waals surface area contributed by atoms with Crippen molar-refractivity contribution in [2.24, 2.45) is 11.8 Å². The predicted octanol–water partition coefficient (Wildman–Crippen LogP) is 2.08. The van der Waals surface area contributed by atoms with Crippen molar-refractivity contribution < 1.29 is 9.59 Å². The fourth-order valence-electron chi connectivity index (χ4n) is 1.63. The van der Waals surface area contributed by atoms with Gasteiger partial charge in [-0.2, -0.15) is 0 Å². The summed E-state index contributed by atoms with van der Waals surface area (Å²) in [5, 5.41) is 8.61. The lowest BCUT2D eigenvalue weighted by Crippen LogP contribution is -2.28. The molecule has 0 aliphatic carbocycles. The van der Waals surface area contributed by atoms with E-state index in [1.807, 2.05) is 27.8 Å². The van der Waals surface area contributed by atoms with E-state index >= 15 is 0 Å². The third-order valence-corrected chi connectivity index (χ3v) is 2.88. The van der Waals surface area contributed by atoms with Crippen LogP contribution in [0.5, 0.6) is 0 Å². The largest absolute Gasteiger partial charge is 0.326 e. The van der Waals surface area contributed by atoms with E-state index in [1.165, 1.54) is 0 Å². The number of rotatable bonds is 6. The second kappa shape index (κ2) is 7.65. The van der Waals surface area contributed by atoms with Gasteiger partial charge in [0.05, 0.1) is 0 Å². The van der Waals surface area contributed by atoms with Gasteiger partial charge in [0.25, 0.3) is 0 Å². The first-order chi connectivity index (χ1) is 9.43. The second-order valence-electron chi connectivity index (χ2n) is 5.17. The molecule has 0 saturated heterocycles. The van der Waals surface area contributed by atoms with Crippen molar-refractivity contribution in [3.05, 3.63) is 24.3 Å². The topological polar surface area (TPSA) is 70.2 Å². The zero-order chi connectivity index (χ0) is 15.1. The maximum Gasteiger partial charge on any atom is 0.228 e. The number of hydrogen-bond donors (Lipinski definition) is 3. The minimum Gasteiger partial charge on any atom is -0.326 e. The summed E-state index contributed by atoms with van der Waals surface area (Å²) in [4.78, 5) is 23.5. The molecule has 0 heterocycles. The van der Waals surface area contributed by atoms with Gasteiger partial charge in [-0.25, -0.2) is 0 Å². The Labute approximate surface area is 120 Å². The molecular weight excluding hydrogens is 254 g/mol. The van der Waals surface area contributed by atoms with Crippen LogP contribution in [0, 0.1) is 11.8 Å². The van der Waals surface area contributed by atoms with Gasteiger partial charge in [-0.15, -0.1) is 0 Å². The molecule has 1 aromatic carbocycles. The maximum atomic E-state index is 11.9. The van der Waals surface area contributed by atoms with E-state index in [4.69, 9.17) is 0 Å². The molecule has 1 unspecified atom stereocenters. The Hall–Kier alpha value is -1.88. The van der Waals surface area contributed by atoms with Crippen LogP contribution in [-0.4, -0.2) is 25.4 Å². The Balaban J connectivity index is 2.68. The van der Waals surface area contributed by atoms with Crippen LogP contribution in [0.1, 0.15) is 20.8 Å². The first-order valence-electron chi connectivity index (χ1n) is 6.80. The van der Waals surface area contributed by atoms with Crippen LogP contribution in [0.25, 0.3) is 0 Å². The minimum atomic E-state index is -0.117. The van der Waals surface area contributed by atoms with Gasteiger partial charge in [0.2, 0.25) is 11.8 Å². The lowest BCUT2D eigenvalue weighted by atomic mass is 10.1. The summed E-state index contributed by atoms with van der Waals surface area (Å²) in [6.07, 6.45) is 0. The summed E-state index contributed by atoms with van der Waals surface area (Å²) < 4.78 is 0. The standard InChI is InChI=1S/C15H23N3O2/c1-10(2)14(19)17-12-6-5-7-13(8-12)18-15(20)11(3)9-16-4/h5-8,10-11,16H,9H2,1-4H3,(H,17,19)(H,18,20). The number of hydrogen-bond acceptors (Lipinski definition) is 3. The van der Waals surface area contributed by atoms with Crippen molar-refractivity contribution in [1.29, 1.82) is 0 Å². The molecule has 5 heteroatoms. The first-order valence-corrected chi connectivity index (χ1v) is 6.80. The fraction of sp³-hybridized carbons (Fsp3) is 0.467. The Kier molecular flexibility index (Phi) is 6.18. The van der Waals surface area contributed by atoms with Crippen molar-refractivity contribution in [1.82, 2.24) is 5.32 Å². The summed E-state index contributed by atoms with van der Waals surface area (Å²) in [6, 6.07) is 7.15. The molecule has 110 valence electrons. The highest BCUT2D eigenvalue weighted by atomic mass is 16.2. The summed E-state index contributed by atoms with van der Waals surface area (Å²) in [5.41, 5.74) is 1.36.